The third-order valence-electron chi connectivity index (χ3n) is 6.40. The highest BCUT2D eigenvalue weighted by molar-refractivity contribution is 7.87. The monoisotopic (exact) mass is 433 g/mol. The minimum atomic E-state index is -3.92. The van der Waals surface area contributed by atoms with Crippen molar-refractivity contribution >= 4 is 21.7 Å². The Morgan fingerprint density at radius 2 is 1.79 bits per heavy atom. The molecule has 2 fully saturated rings. The molecule has 2 aliphatic heterocycles. The maximum atomic E-state index is 12.5. The summed E-state index contributed by atoms with van der Waals surface area (Å²) in [6.07, 6.45) is 6.48. The quantitative estimate of drug-likeness (QED) is 0.659. The van der Waals surface area contributed by atoms with E-state index in [1.54, 1.807) is 12.1 Å². The Bertz CT molecular complexity index is 1000. The number of likely N-dealkylation sites (tertiary alicyclic amines) is 1. The number of hydrogen-bond acceptors (Lipinski definition) is 5. The van der Waals surface area contributed by atoms with Gasteiger partial charge in [0.2, 0.25) is 0 Å². The van der Waals surface area contributed by atoms with Crippen LogP contribution in [-0.2, 0) is 10.1 Å². The second-order valence-corrected chi connectivity index (χ2v) is 10.2. The Morgan fingerprint density at radius 3 is 2.55 bits per heavy atom. The van der Waals surface area contributed by atoms with Crippen LogP contribution < -0.4 is 8.92 Å². The van der Waals surface area contributed by atoms with Crippen molar-refractivity contribution in [1.82, 2.24) is 4.90 Å². The van der Waals surface area contributed by atoms with Crippen LogP contribution in [0.15, 0.2) is 47.4 Å². The molecule has 0 spiro atoms. The van der Waals surface area contributed by atoms with Gasteiger partial charge in [0.15, 0.2) is 0 Å². The molecule has 2 atom stereocenters. The number of fused-ring (bicyclic) bond motifs is 3. The molecule has 2 aromatic rings. The van der Waals surface area contributed by atoms with Gasteiger partial charge in [0, 0.05) is 35.2 Å². The van der Waals surface area contributed by atoms with Crippen LogP contribution in [0.25, 0.3) is 0 Å². The van der Waals surface area contributed by atoms with Crippen LogP contribution in [0.2, 0.25) is 5.02 Å². The van der Waals surface area contributed by atoms with E-state index in [0.717, 1.165) is 30.8 Å². The predicted octanol–water partition coefficient (Wildman–Crippen LogP) is 4.60. The summed E-state index contributed by atoms with van der Waals surface area (Å²) in [6, 6.07) is 12.0. The molecule has 7 heteroatoms. The maximum absolute atomic E-state index is 12.5. The van der Waals surface area contributed by atoms with Gasteiger partial charge in [-0.05, 0) is 56.1 Å². The van der Waals surface area contributed by atoms with E-state index in [0.29, 0.717) is 17.0 Å². The summed E-state index contributed by atoms with van der Waals surface area (Å²) in [7, 11) is -3.92. The van der Waals surface area contributed by atoms with Gasteiger partial charge in [-0.25, -0.2) is 0 Å². The molecule has 5 rings (SSSR count). The number of ether oxygens (including phenoxy) is 1. The van der Waals surface area contributed by atoms with Crippen LogP contribution in [0.1, 0.15) is 43.6 Å². The first-order valence-electron chi connectivity index (χ1n) is 10.2. The van der Waals surface area contributed by atoms with Crippen molar-refractivity contribution in [1.29, 1.82) is 0 Å². The first-order valence-corrected chi connectivity index (χ1v) is 12.0. The van der Waals surface area contributed by atoms with Gasteiger partial charge in [0.05, 0.1) is 0 Å². The second kappa shape index (κ2) is 7.49. The van der Waals surface area contributed by atoms with Gasteiger partial charge in [0.1, 0.15) is 22.5 Å². The molecule has 29 heavy (non-hydrogen) atoms. The fraction of sp³-hybridized carbons (Fsp3) is 0.455. The first-order chi connectivity index (χ1) is 14.0. The highest BCUT2D eigenvalue weighted by Gasteiger charge is 2.41. The van der Waals surface area contributed by atoms with Crippen LogP contribution in [-0.4, -0.2) is 38.6 Å². The Kier molecular flexibility index (Phi) is 4.96. The minimum Gasteiger partial charge on any atom is -0.488 e. The maximum Gasteiger partial charge on any atom is 0.339 e. The lowest BCUT2D eigenvalue weighted by molar-refractivity contribution is 0.0648. The standard InChI is InChI=1S/C22H24ClNO4S/c23-15-5-8-18(9-6-15)29(25,26)28-17-7-10-19-20-11-12-24(16-3-1-2-4-16)14-22(20)27-21(19)13-17/h5-10,13,16,20,22H,1-4,11-12,14H2. The Labute approximate surface area is 176 Å². The molecule has 0 N–H and O–H groups in total. The Hall–Kier alpha value is -1.76. The van der Waals surface area contributed by atoms with Gasteiger partial charge in [-0.15, -0.1) is 0 Å². The molecule has 1 saturated heterocycles. The van der Waals surface area contributed by atoms with Crippen LogP contribution in [0.4, 0.5) is 0 Å². The number of rotatable bonds is 4. The summed E-state index contributed by atoms with van der Waals surface area (Å²) in [5, 5.41) is 0.476. The summed E-state index contributed by atoms with van der Waals surface area (Å²) in [5.41, 5.74) is 1.16. The molecule has 2 aromatic carbocycles. The van der Waals surface area contributed by atoms with E-state index in [1.807, 2.05) is 6.07 Å². The van der Waals surface area contributed by atoms with E-state index in [4.69, 9.17) is 20.5 Å². The smallest absolute Gasteiger partial charge is 0.339 e. The van der Waals surface area contributed by atoms with E-state index < -0.39 is 10.1 Å². The summed E-state index contributed by atoms with van der Waals surface area (Å²) in [4.78, 5) is 2.66. The lowest BCUT2D eigenvalue weighted by Crippen LogP contribution is -2.47. The van der Waals surface area contributed by atoms with Crippen molar-refractivity contribution in [3.8, 4) is 11.5 Å². The molecule has 2 heterocycles. The summed E-state index contributed by atoms with van der Waals surface area (Å²) < 4.78 is 36.7. The van der Waals surface area contributed by atoms with Crippen LogP contribution >= 0.6 is 11.6 Å². The van der Waals surface area contributed by atoms with Gasteiger partial charge >= 0.3 is 10.1 Å². The van der Waals surface area contributed by atoms with Crippen LogP contribution in [0.3, 0.4) is 0 Å². The Morgan fingerprint density at radius 1 is 1.03 bits per heavy atom. The molecule has 154 valence electrons. The molecular weight excluding hydrogens is 410 g/mol. The summed E-state index contributed by atoms with van der Waals surface area (Å²) >= 11 is 5.84. The zero-order valence-corrected chi connectivity index (χ0v) is 17.7. The summed E-state index contributed by atoms with van der Waals surface area (Å²) in [6.45, 7) is 2.06. The molecule has 5 nitrogen and oxygen atoms in total. The third kappa shape index (κ3) is 3.74. The van der Waals surface area contributed by atoms with Gasteiger partial charge in [0.25, 0.3) is 0 Å². The zero-order valence-electron chi connectivity index (χ0n) is 16.1. The molecule has 3 aliphatic rings. The van der Waals surface area contributed by atoms with Crippen LogP contribution in [0.5, 0.6) is 11.5 Å². The zero-order chi connectivity index (χ0) is 20.0. The van der Waals surface area contributed by atoms with E-state index in [1.165, 1.54) is 49.9 Å². The lowest BCUT2D eigenvalue weighted by Gasteiger charge is -2.37. The van der Waals surface area contributed by atoms with Crippen molar-refractivity contribution < 1.29 is 17.3 Å². The molecule has 0 aromatic heterocycles. The van der Waals surface area contributed by atoms with Gasteiger partial charge in [-0.2, -0.15) is 8.42 Å². The topological polar surface area (TPSA) is 55.8 Å². The molecule has 2 unspecified atom stereocenters. The van der Waals surface area contributed by atoms with E-state index in [2.05, 4.69) is 4.90 Å². The number of halogens is 1. The van der Waals surface area contributed by atoms with Gasteiger partial charge in [-0.1, -0.05) is 30.5 Å². The van der Waals surface area contributed by atoms with Crippen molar-refractivity contribution in [2.45, 2.75) is 55.1 Å². The van der Waals surface area contributed by atoms with Gasteiger partial charge < -0.3 is 8.92 Å². The van der Waals surface area contributed by atoms with Crippen molar-refractivity contribution in [3.63, 3.8) is 0 Å². The fourth-order valence-corrected chi connectivity index (χ4v) is 5.98. The molecule has 0 bridgehead atoms. The molecular formula is C22H24ClNO4S. The largest absolute Gasteiger partial charge is 0.488 e. The van der Waals surface area contributed by atoms with E-state index in [-0.39, 0.29) is 16.7 Å². The Balaban J connectivity index is 1.32. The van der Waals surface area contributed by atoms with E-state index in [9.17, 15) is 8.42 Å². The normalized spacial score (nSPS) is 24.7. The lowest BCUT2D eigenvalue weighted by atomic mass is 9.88. The van der Waals surface area contributed by atoms with Gasteiger partial charge in [-0.3, -0.25) is 4.90 Å². The first kappa shape index (κ1) is 19.2. The number of piperidine rings is 1. The molecule has 0 amide bonds. The molecule has 0 radical (unpaired) electrons. The third-order valence-corrected chi connectivity index (χ3v) is 7.92. The number of nitrogens with zero attached hydrogens (tertiary/aromatic N) is 1. The van der Waals surface area contributed by atoms with Crippen molar-refractivity contribution in [3.05, 3.63) is 53.1 Å². The average Bonchev–Trinajstić information content (AvgIpc) is 3.35. The number of benzene rings is 2. The van der Waals surface area contributed by atoms with E-state index >= 15 is 0 Å². The SMILES string of the molecule is O=S(=O)(Oc1ccc2c(c1)OC1CN(C3CCCC3)CCC21)c1ccc(Cl)cc1. The minimum absolute atomic E-state index is 0.0733. The highest BCUT2D eigenvalue weighted by Crippen LogP contribution is 2.45. The second-order valence-electron chi connectivity index (χ2n) is 8.18. The fourth-order valence-electron chi connectivity index (χ4n) is 4.93. The molecule has 1 saturated carbocycles. The molecule has 1 aliphatic carbocycles. The van der Waals surface area contributed by atoms with Crippen molar-refractivity contribution in [2.24, 2.45) is 0 Å². The summed E-state index contributed by atoms with van der Waals surface area (Å²) in [5.74, 6) is 1.40. The average molecular weight is 434 g/mol. The van der Waals surface area contributed by atoms with Crippen LogP contribution in [0, 0.1) is 0 Å². The predicted molar refractivity (Wildman–Crippen MR) is 111 cm³/mol. The highest BCUT2D eigenvalue weighted by atomic mass is 35.5. The van der Waals surface area contributed by atoms with Crippen molar-refractivity contribution in [2.75, 3.05) is 13.1 Å². The number of hydrogen-bond donors (Lipinski definition) is 0.